The molecule has 0 fully saturated rings. The summed E-state index contributed by atoms with van der Waals surface area (Å²) in [6.45, 7) is 14.3. The second kappa shape index (κ2) is 10.8. The third kappa shape index (κ3) is 8.67. The van der Waals surface area contributed by atoms with E-state index in [1.807, 2.05) is 13.8 Å². The van der Waals surface area contributed by atoms with Crippen LogP contribution >= 0.6 is 0 Å². The van der Waals surface area contributed by atoms with E-state index in [9.17, 15) is 18.0 Å². The van der Waals surface area contributed by atoms with Crippen LogP contribution in [0.25, 0.3) is 11.1 Å². The Morgan fingerprint density at radius 2 is 1.46 bits per heavy atom. The van der Waals surface area contributed by atoms with Gasteiger partial charge in [0.1, 0.15) is 11.6 Å². The van der Waals surface area contributed by atoms with Crippen LogP contribution in [0.15, 0.2) is 53.4 Å². The molecule has 0 radical (unpaired) electrons. The van der Waals surface area contributed by atoms with E-state index >= 15 is 0 Å². The van der Waals surface area contributed by atoms with Gasteiger partial charge in [0.15, 0.2) is 0 Å². The summed E-state index contributed by atoms with van der Waals surface area (Å²) in [4.78, 5) is 25.2. The summed E-state index contributed by atoms with van der Waals surface area (Å²) < 4.78 is 33.9. The topological polar surface area (TPSA) is 114 Å². The normalized spacial score (nSPS) is 13.3. The SMILES string of the molecule is CC(C)[C@H](NC(=O)OC(C)(C)C)C(=O)Nc1ccc(-c2ccccc2S(=O)(=O)NC(C)(C)C)cc1. The van der Waals surface area contributed by atoms with Gasteiger partial charge in [-0.1, -0.05) is 44.2 Å². The first-order chi connectivity index (χ1) is 16.0. The molecular weight excluding hydrogens is 466 g/mol. The lowest BCUT2D eigenvalue weighted by Gasteiger charge is -2.25. The second-order valence-electron chi connectivity index (χ2n) is 10.8. The maximum absolute atomic E-state index is 13.0. The molecule has 1 atom stereocenters. The van der Waals surface area contributed by atoms with Gasteiger partial charge in [-0.3, -0.25) is 4.79 Å². The number of alkyl carbamates (subject to hydrolysis) is 1. The van der Waals surface area contributed by atoms with Crippen LogP contribution in [0.2, 0.25) is 0 Å². The number of amides is 2. The van der Waals surface area contributed by atoms with Gasteiger partial charge in [-0.25, -0.2) is 17.9 Å². The summed E-state index contributed by atoms with van der Waals surface area (Å²) in [5.74, 6) is -0.551. The summed E-state index contributed by atoms with van der Waals surface area (Å²) >= 11 is 0. The number of anilines is 1. The van der Waals surface area contributed by atoms with Gasteiger partial charge in [-0.05, 0) is 71.2 Å². The third-order valence-corrected chi connectivity index (χ3v) is 6.52. The Kier molecular flexibility index (Phi) is 8.73. The Morgan fingerprint density at radius 1 is 0.886 bits per heavy atom. The molecule has 2 aromatic carbocycles. The van der Waals surface area contributed by atoms with Crippen LogP contribution < -0.4 is 15.4 Å². The summed E-state index contributed by atoms with van der Waals surface area (Å²) in [7, 11) is -3.74. The van der Waals surface area contributed by atoms with Crippen molar-refractivity contribution in [2.45, 2.75) is 77.5 Å². The van der Waals surface area contributed by atoms with Gasteiger partial charge in [0.05, 0.1) is 4.90 Å². The maximum Gasteiger partial charge on any atom is 0.408 e. The first kappa shape index (κ1) is 28.3. The zero-order chi connectivity index (χ0) is 26.6. The molecule has 0 aliphatic carbocycles. The van der Waals surface area contributed by atoms with E-state index in [1.54, 1.807) is 90.1 Å². The summed E-state index contributed by atoms with van der Waals surface area (Å²) in [6.07, 6.45) is -0.664. The highest BCUT2D eigenvalue weighted by Gasteiger charge is 2.27. The predicted octanol–water partition coefficient (Wildman–Crippen LogP) is 4.92. The summed E-state index contributed by atoms with van der Waals surface area (Å²) in [5, 5.41) is 5.43. The molecule has 0 aliphatic heterocycles. The van der Waals surface area contributed by atoms with E-state index in [0.717, 1.165) is 0 Å². The quantitative estimate of drug-likeness (QED) is 0.496. The van der Waals surface area contributed by atoms with Gasteiger partial charge in [-0.15, -0.1) is 0 Å². The van der Waals surface area contributed by atoms with Crippen LogP contribution in [0.4, 0.5) is 10.5 Å². The first-order valence-corrected chi connectivity index (χ1v) is 13.0. The van der Waals surface area contributed by atoms with Crippen molar-refractivity contribution in [3.05, 3.63) is 48.5 Å². The molecule has 192 valence electrons. The Balaban J connectivity index is 2.22. The van der Waals surface area contributed by atoms with Crippen molar-refractivity contribution >= 4 is 27.7 Å². The van der Waals surface area contributed by atoms with Crippen molar-refractivity contribution in [1.82, 2.24) is 10.0 Å². The predicted molar refractivity (Wildman–Crippen MR) is 139 cm³/mol. The van der Waals surface area contributed by atoms with E-state index in [-0.39, 0.29) is 16.7 Å². The highest BCUT2D eigenvalue weighted by molar-refractivity contribution is 7.89. The lowest BCUT2D eigenvalue weighted by Crippen LogP contribution is -2.48. The van der Waals surface area contributed by atoms with Crippen molar-refractivity contribution in [2.24, 2.45) is 5.92 Å². The highest BCUT2D eigenvalue weighted by atomic mass is 32.2. The number of benzene rings is 2. The van der Waals surface area contributed by atoms with E-state index < -0.39 is 33.3 Å². The molecular formula is C26H37N3O5S. The molecule has 0 heterocycles. The number of hydrogen-bond donors (Lipinski definition) is 3. The average molecular weight is 504 g/mol. The minimum atomic E-state index is -3.74. The number of carbonyl (C=O) groups excluding carboxylic acids is 2. The van der Waals surface area contributed by atoms with Crippen LogP contribution in [0.5, 0.6) is 0 Å². The van der Waals surface area contributed by atoms with E-state index in [4.69, 9.17) is 4.74 Å². The second-order valence-corrected chi connectivity index (χ2v) is 12.4. The fourth-order valence-corrected chi connectivity index (χ4v) is 4.97. The molecule has 0 aromatic heterocycles. The Hall–Kier alpha value is -2.91. The molecule has 8 nitrogen and oxygen atoms in total. The zero-order valence-electron chi connectivity index (χ0n) is 21.7. The number of carbonyl (C=O) groups is 2. The third-order valence-electron chi connectivity index (χ3n) is 4.70. The van der Waals surface area contributed by atoms with Crippen molar-refractivity contribution in [3.63, 3.8) is 0 Å². The van der Waals surface area contributed by atoms with Crippen LogP contribution in [0.1, 0.15) is 55.4 Å². The Labute approximate surface area is 208 Å². The molecule has 9 heteroatoms. The lowest BCUT2D eigenvalue weighted by atomic mass is 10.0. The maximum atomic E-state index is 13.0. The molecule has 2 rings (SSSR count). The molecule has 0 unspecified atom stereocenters. The molecule has 35 heavy (non-hydrogen) atoms. The van der Waals surface area contributed by atoms with Crippen LogP contribution in [0.3, 0.4) is 0 Å². The number of hydrogen-bond acceptors (Lipinski definition) is 5. The van der Waals surface area contributed by atoms with E-state index in [1.165, 1.54) is 0 Å². The number of ether oxygens (including phenoxy) is 1. The fourth-order valence-electron chi connectivity index (χ4n) is 3.32. The first-order valence-electron chi connectivity index (χ1n) is 11.5. The lowest BCUT2D eigenvalue weighted by molar-refractivity contribution is -0.119. The fraction of sp³-hybridized carbons (Fsp3) is 0.462. The van der Waals surface area contributed by atoms with Gasteiger partial charge in [0.25, 0.3) is 0 Å². The van der Waals surface area contributed by atoms with Crippen molar-refractivity contribution in [2.75, 3.05) is 5.32 Å². The van der Waals surface area contributed by atoms with Gasteiger partial charge in [0.2, 0.25) is 15.9 Å². The molecule has 3 N–H and O–H groups in total. The number of rotatable bonds is 7. The standard InChI is InChI=1S/C26H37N3O5S/c1-17(2)22(28-24(31)34-26(6,7)8)23(30)27-19-15-13-18(14-16-19)20-11-9-10-12-21(20)35(32,33)29-25(3,4)5/h9-17,22,29H,1-8H3,(H,27,30)(H,28,31)/t22-/m0/s1. The summed E-state index contributed by atoms with van der Waals surface area (Å²) in [5.41, 5.74) is 0.451. The minimum Gasteiger partial charge on any atom is -0.444 e. The number of sulfonamides is 1. The average Bonchev–Trinajstić information content (AvgIpc) is 2.69. The largest absolute Gasteiger partial charge is 0.444 e. The molecule has 2 aromatic rings. The molecule has 2 amide bonds. The van der Waals surface area contributed by atoms with E-state index in [2.05, 4.69) is 15.4 Å². The van der Waals surface area contributed by atoms with Crippen LogP contribution in [0, 0.1) is 5.92 Å². The summed E-state index contributed by atoms with van der Waals surface area (Å²) in [6, 6.07) is 12.8. The van der Waals surface area contributed by atoms with Crippen LogP contribution in [-0.4, -0.2) is 37.6 Å². The van der Waals surface area contributed by atoms with Crippen molar-refractivity contribution < 1.29 is 22.7 Å². The minimum absolute atomic E-state index is 0.172. The Morgan fingerprint density at radius 3 is 1.97 bits per heavy atom. The van der Waals surface area contributed by atoms with Gasteiger partial charge >= 0.3 is 6.09 Å². The highest BCUT2D eigenvalue weighted by Crippen LogP contribution is 2.29. The van der Waals surface area contributed by atoms with Crippen LogP contribution in [-0.2, 0) is 19.6 Å². The number of nitrogens with one attached hydrogen (secondary N) is 3. The smallest absolute Gasteiger partial charge is 0.408 e. The van der Waals surface area contributed by atoms with E-state index in [0.29, 0.717) is 16.8 Å². The van der Waals surface area contributed by atoms with Crippen molar-refractivity contribution in [3.8, 4) is 11.1 Å². The molecule has 0 saturated carbocycles. The molecule has 0 aliphatic rings. The Bertz CT molecular complexity index is 1140. The monoisotopic (exact) mass is 503 g/mol. The van der Waals surface area contributed by atoms with Crippen molar-refractivity contribution in [1.29, 1.82) is 0 Å². The molecule has 0 spiro atoms. The van der Waals surface area contributed by atoms with Gasteiger partial charge < -0.3 is 15.4 Å². The molecule has 0 saturated heterocycles. The van der Waals surface area contributed by atoms with Gasteiger partial charge in [-0.2, -0.15) is 0 Å². The zero-order valence-corrected chi connectivity index (χ0v) is 22.5. The molecule has 0 bridgehead atoms. The van der Waals surface area contributed by atoms with Gasteiger partial charge in [0, 0.05) is 16.8 Å².